The number of hydrogen-bond donors (Lipinski definition) is 1. The van der Waals surface area contributed by atoms with Gasteiger partial charge in [-0.1, -0.05) is 36.4 Å². The summed E-state index contributed by atoms with van der Waals surface area (Å²) in [5.41, 5.74) is 7.83. The molecule has 2 aromatic heterocycles. The Kier molecular flexibility index (Phi) is 3.17. The predicted octanol–water partition coefficient (Wildman–Crippen LogP) is 4.13. The zero-order chi connectivity index (χ0) is 16.8. The molecule has 0 aliphatic carbocycles. The Labute approximate surface area is 146 Å². The van der Waals surface area contributed by atoms with Gasteiger partial charge in [0.15, 0.2) is 0 Å². The van der Waals surface area contributed by atoms with Crippen molar-refractivity contribution in [2.24, 2.45) is 7.05 Å². The molecule has 4 heteroatoms. The maximum absolute atomic E-state index is 4.28. The van der Waals surface area contributed by atoms with Gasteiger partial charge in [-0.25, -0.2) is 0 Å². The fourth-order valence-electron chi connectivity index (χ4n) is 3.83. The first-order chi connectivity index (χ1) is 12.3. The molecule has 2 aromatic carbocycles. The molecular weight excluding hydrogens is 308 g/mol. The molecule has 3 heterocycles. The van der Waals surface area contributed by atoms with Crippen LogP contribution in [0.25, 0.3) is 22.0 Å². The van der Waals surface area contributed by atoms with Crippen molar-refractivity contribution in [1.29, 1.82) is 0 Å². The molecule has 1 aliphatic rings. The molecular formula is C21H20N4. The molecule has 1 aliphatic heterocycles. The number of rotatable bonds is 2. The van der Waals surface area contributed by atoms with E-state index in [0.717, 1.165) is 19.5 Å². The number of nitrogens with one attached hydrogen (secondary N) is 1. The summed E-state index contributed by atoms with van der Waals surface area (Å²) in [6.07, 6.45) is 7.22. The van der Waals surface area contributed by atoms with E-state index in [0.29, 0.717) is 0 Å². The number of H-pyrrole nitrogens is 1. The first-order valence-corrected chi connectivity index (χ1v) is 8.70. The lowest BCUT2D eigenvalue weighted by molar-refractivity contribution is 0.734. The number of aryl methyl sites for hydroxylation is 1. The Balaban J connectivity index is 1.47. The van der Waals surface area contributed by atoms with Crippen LogP contribution in [0.2, 0.25) is 0 Å². The van der Waals surface area contributed by atoms with Crippen molar-refractivity contribution < 1.29 is 0 Å². The van der Waals surface area contributed by atoms with Gasteiger partial charge in [-0.15, -0.1) is 0 Å². The summed E-state index contributed by atoms with van der Waals surface area (Å²) in [6.45, 7) is 2.01. The molecule has 0 bridgehead atoms. The molecule has 0 spiro atoms. The highest BCUT2D eigenvalue weighted by Crippen LogP contribution is 2.32. The van der Waals surface area contributed by atoms with Crippen LogP contribution in [-0.2, 0) is 20.0 Å². The maximum atomic E-state index is 4.28. The van der Waals surface area contributed by atoms with E-state index >= 15 is 0 Å². The van der Waals surface area contributed by atoms with E-state index in [2.05, 4.69) is 69.8 Å². The molecule has 4 nitrogen and oxygen atoms in total. The summed E-state index contributed by atoms with van der Waals surface area (Å²) in [4.78, 5) is 5.87. The summed E-state index contributed by atoms with van der Waals surface area (Å²) in [6, 6.07) is 15.3. The summed E-state index contributed by atoms with van der Waals surface area (Å²) >= 11 is 0. The molecule has 0 unspecified atom stereocenters. The number of para-hydroxylation sites is 1. The monoisotopic (exact) mass is 328 g/mol. The van der Waals surface area contributed by atoms with Gasteiger partial charge in [0.05, 0.1) is 11.9 Å². The van der Waals surface area contributed by atoms with Crippen LogP contribution in [-0.4, -0.2) is 21.3 Å². The molecule has 0 radical (unpaired) electrons. The minimum Gasteiger partial charge on any atom is -0.365 e. The Morgan fingerprint density at radius 2 is 1.96 bits per heavy atom. The second kappa shape index (κ2) is 5.52. The van der Waals surface area contributed by atoms with E-state index in [-0.39, 0.29) is 0 Å². The highest BCUT2D eigenvalue weighted by atomic mass is 15.2. The van der Waals surface area contributed by atoms with Crippen LogP contribution in [0.3, 0.4) is 0 Å². The van der Waals surface area contributed by atoms with Gasteiger partial charge in [0.1, 0.15) is 0 Å². The standard InChI is InChI=1S/C21H20N4/c1-24-13-18(11-23-24)15-6-7-17-14-25(9-8-16(17)10-15)21-12-22-20-5-3-2-4-19(20)21/h2-7,10-13,22H,8-9,14H2,1H3. The van der Waals surface area contributed by atoms with Crippen LogP contribution in [0, 0.1) is 0 Å². The molecule has 25 heavy (non-hydrogen) atoms. The number of benzene rings is 2. The summed E-state index contributed by atoms with van der Waals surface area (Å²) in [7, 11) is 1.96. The van der Waals surface area contributed by atoms with Crippen molar-refractivity contribution in [1.82, 2.24) is 14.8 Å². The fraction of sp³-hybridized carbons (Fsp3) is 0.190. The third kappa shape index (κ3) is 2.41. The van der Waals surface area contributed by atoms with Gasteiger partial charge in [0.2, 0.25) is 0 Å². The first-order valence-electron chi connectivity index (χ1n) is 8.70. The number of anilines is 1. The third-order valence-corrected chi connectivity index (χ3v) is 5.16. The predicted molar refractivity (Wildman–Crippen MR) is 102 cm³/mol. The van der Waals surface area contributed by atoms with Crippen molar-refractivity contribution in [3.8, 4) is 11.1 Å². The van der Waals surface area contributed by atoms with Crippen molar-refractivity contribution >= 4 is 16.6 Å². The van der Waals surface area contributed by atoms with Gasteiger partial charge in [0, 0.05) is 49.0 Å². The lowest BCUT2D eigenvalue weighted by Crippen LogP contribution is -2.30. The lowest BCUT2D eigenvalue weighted by Gasteiger charge is -2.30. The molecule has 5 rings (SSSR count). The SMILES string of the molecule is Cn1cc(-c2ccc3c(c2)CCN(c2c[nH]c4ccccc24)C3)cn1. The van der Waals surface area contributed by atoms with E-state index in [9.17, 15) is 0 Å². The normalized spacial score (nSPS) is 14.0. The Hall–Kier alpha value is -3.01. The van der Waals surface area contributed by atoms with Gasteiger partial charge < -0.3 is 9.88 Å². The van der Waals surface area contributed by atoms with Crippen molar-refractivity contribution in [2.45, 2.75) is 13.0 Å². The third-order valence-electron chi connectivity index (χ3n) is 5.16. The number of hydrogen-bond acceptors (Lipinski definition) is 2. The maximum Gasteiger partial charge on any atom is 0.0627 e. The van der Waals surface area contributed by atoms with Gasteiger partial charge in [-0.3, -0.25) is 4.68 Å². The van der Waals surface area contributed by atoms with Gasteiger partial charge in [0.25, 0.3) is 0 Å². The van der Waals surface area contributed by atoms with Gasteiger partial charge in [-0.05, 0) is 29.2 Å². The highest BCUT2D eigenvalue weighted by Gasteiger charge is 2.19. The number of nitrogens with zero attached hydrogens (tertiary/aromatic N) is 3. The topological polar surface area (TPSA) is 36.9 Å². The van der Waals surface area contributed by atoms with E-state index in [4.69, 9.17) is 0 Å². The molecule has 0 atom stereocenters. The molecule has 4 aromatic rings. The van der Waals surface area contributed by atoms with Crippen LogP contribution >= 0.6 is 0 Å². The van der Waals surface area contributed by atoms with E-state index in [1.165, 1.54) is 38.8 Å². The first kappa shape index (κ1) is 14.3. The largest absolute Gasteiger partial charge is 0.365 e. The zero-order valence-corrected chi connectivity index (χ0v) is 14.2. The van der Waals surface area contributed by atoms with Crippen LogP contribution in [0.4, 0.5) is 5.69 Å². The summed E-state index contributed by atoms with van der Waals surface area (Å²) < 4.78 is 1.85. The Morgan fingerprint density at radius 1 is 1.04 bits per heavy atom. The molecule has 1 N–H and O–H groups in total. The molecule has 0 saturated carbocycles. The van der Waals surface area contributed by atoms with Crippen LogP contribution in [0.5, 0.6) is 0 Å². The second-order valence-corrected chi connectivity index (χ2v) is 6.78. The summed E-state index contributed by atoms with van der Waals surface area (Å²) in [5.74, 6) is 0. The minimum atomic E-state index is 0.963. The van der Waals surface area contributed by atoms with Crippen LogP contribution in [0.1, 0.15) is 11.1 Å². The molecule has 0 saturated heterocycles. The lowest BCUT2D eigenvalue weighted by atomic mass is 9.95. The Bertz CT molecular complexity index is 1060. The van der Waals surface area contributed by atoms with Crippen molar-refractivity contribution in [3.63, 3.8) is 0 Å². The number of fused-ring (bicyclic) bond motifs is 2. The average Bonchev–Trinajstić information content (AvgIpc) is 3.27. The average molecular weight is 328 g/mol. The van der Waals surface area contributed by atoms with E-state index in [1.54, 1.807) is 0 Å². The van der Waals surface area contributed by atoms with Crippen LogP contribution < -0.4 is 4.90 Å². The quantitative estimate of drug-likeness (QED) is 0.601. The Morgan fingerprint density at radius 3 is 2.84 bits per heavy atom. The molecule has 124 valence electrons. The zero-order valence-electron chi connectivity index (χ0n) is 14.2. The van der Waals surface area contributed by atoms with E-state index < -0.39 is 0 Å². The van der Waals surface area contributed by atoms with Gasteiger partial charge in [-0.2, -0.15) is 5.10 Å². The van der Waals surface area contributed by atoms with Crippen LogP contribution in [0.15, 0.2) is 61.1 Å². The van der Waals surface area contributed by atoms with E-state index in [1.807, 2.05) is 17.9 Å². The highest BCUT2D eigenvalue weighted by molar-refractivity contribution is 5.92. The van der Waals surface area contributed by atoms with Crippen molar-refractivity contribution in [3.05, 3.63) is 72.2 Å². The second-order valence-electron chi connectivity index (χ2n) is 6.78. The smallest absolute Gasteiger partial charge is 0.0627 e. The molecule has 0 amide bonds. The fourth-order valence-corrected chi connectivity index (χ4v) is 3.83. The number of aromatic nitrogens is 3. The minimum absolute atomic E-state index is 0.963. The van der Waals surface area contributed by atoms with Crippen molar-refractivity contribution in [2.75, 3.05) is 11.4 Å². The van der Waals surface area contributed by atoms with Gasteiger partial charge >= 0.3 is 0 Å². The number of aromatic amines is 1. The molecule has 0 fully saturated rings. The summed E-state index contributed by atoms with van der Waals surface area (Å²) in [5, 5.41) is 5.59.